The standard InChI is InChI=1S/C25H36N2O10/c1-17-9-21(30)26(23(17)32)11-19(28)5-7-36-15-25(13-34-3,14-35-4)16-37-8-6-20(29)12-27-22(31)10-18(2)24(27)33/h3,19-20,28-29H,1-2,5-16H2,4H3. The molecule has 2 aliphatic heterocycles. The van der Waals surface area contributed by atoms with Gasteiger partial charge in [-0.25, -0.2) is 0 Å². The summed E-state index contributed by atoms with van der Waals surface area (Å²) in [6.45, 7) is 7.46. The Morgan fingerprint density at radius 2 is 1.27 bits per heavy atom. The van der Waals surface area contributed by atoms with Crippen molar-refractivity contribution in [2.75, 3.05) is 59.8 Å². The van der Waals surface area contributed by atoms with Crippen molar-refractivity contribution in [1.82, 2.24) is 9.80 Å². The van der Waals surface area contributed by atoms with Gasteiger partial charge in [0.1, 0.15) is 7.11 Å². The van der Waals surface area contributed by atoms with Crippen LogP contribution >= 0.6 is 0 Å². The van der Waals surface area contributed by atoms with Gasteiger partial charge in [-0.2, -0.15) is 0 Å². The molecule has 0 aromatic heterocycles. The van der Waals surface area contributed by atoms with Crippen LogP contribution in [-0.2, 0) is 38.1 Å². The molecule has 2 fully saturated rings. The highest BCUT2D eigenvalue weighted by Crippen LogP contribution is 2.22. The Labute approximate surface area is 216 Å². The van der Waals surface area contributed by atoms with Crippen molar-refractivity contribution in [2.45, 2.75) is 37.9 Å². The summed E-state index contributed by atoms with van der Waals surface area (Å²) >= 11 is 0. The van der Waals surface area contributed by atoms with Crippen molar-refractivity contribution in [3.8, 4) is 0 Å². The Bertz CT molecular complexity index is 804. The number of nitrogens with zero attached hydrogens (tertiary/aromatic N) is 2. The van der Waals surface area contributed by atoms with E-state index in [0.29, 0.717) is 0 Å². The molecule has 2 atom stereocenters. The Morgan fingerprint density at radius 1 is 0.838 bits per heavy atom. The fourth-order valence-corrected chi connectivity index (χ4v) is 4.04. The predicted molar refractivity (Wildman–Crippen MR) is 128 cm³/mol. The number of amides is 4. The SMILES string of the molecule is [CH]OCC(COC)(COCCC(O)CN1C(=O)CC(=C)C1=O)COCCC(O)CN1C(=O)CC(=C)C1=O. The number of likely N-dealkylation sites (tertiary alicyclic amines) is 2. The summed E-state index contributed by atoms with van der Waals surface area (Å²) < 4.78 is 21.6. The number of carbonyl (C=O) groups is 4. The Balaban J connectivity index is 1.76. The molecule has 2 N–H and O–H groups in total. The van der Waals surface area contributed by atoms with Crippen LogP contribution in [-0.4, -0.2) is 116 Å². The third-order valence-electron chi connectivity index (χ3n) is 6.06. The lowest BCUT2D eigenvalue weighted by atomic mass is 9.92. The van der Waals surface area contributed by atoms with E-state index < -0.39 is 29.4 Å². The Morgan fingerprint density at radius 3 is 1.59 bits per heavy atom. The summed E-state index contributed by atoms with van der Waals surface area (Å²) in [4.78, 5) is 49.4. The van der Waals surface area contributed by atoms with Gasteiger partial charge in [0.05, 0.1) is 70.0 Å². The molecule has 2 radical (unpaired) electrons. The number of aliphatic hydroxyl groups is 2. The van der Waals surface area contributed by atoms with E-state index in [0.717, 1.165) is 9.80 Å². The van der Waals surface area contributed by atoms with Gasteiger partial charge >= 0.3 is 0 Å². The lowest BCUT2D eigenvalue weighted by molar-refractivity contribution is -0.140. The van der Waals surface area contributed by atoms with Gasteiger partial charge in [-0.15, -0.1) is 0 Å². The van der Waals surface area contributed by atoms with Crippen LogP contribution in [0, 0.1) is 12.5 Å². The van der Waals surface area contributed by atoms with E-state index in [1.54, 1.807) is 0 Å². The Kier molecular flexibility index (Phi) is 12.0. The lowest BCUT2D eigenvalue weighted by Crippen LogP contribution is -2.42. The van der Waals surface area contributed by atoms with Crippen LogP contribution in [0.15, 0.2) is 24.3 Å². The van der Waals surface area contributed by atoms with E-state index in [-0.39, 0.29) is 101 Å². The molecule has 4 amide bonds. The number of aliphatic hydroxyl groups excluding tert-OH is 2. The van der Waals surface area contributed by atoms with Crippen molar-refractivity contribution in [3.63, 3.8) is 0 Å². The van der Waals surface area contributed by atoms with Gasteiger partial charge in [0.2, 0.25) is 11.8 Å². The highest BCUT2D eigenvalue weighted by atomic mass is 16.5. The monoisotopic (exact) mass is 524 g/mol. The zero-order valence-corrected chi connectivity index (χ0v) is 21.2. The van der Waals surface area contributed by atoms with Crippen LogP contribution < -0.4 is 0 Å². The molecule has 0 aromatic rings. The van der Waals surface area contributed by atoms with Crippen LogP contribution in [0.1, 0.15) is 25.7 Å². The number of imide groups is 2. The van der Waals surface area contributed by atoms with Gasteiger partial charge in [0.15, 0.2) is 0 Å². The van der Waals surface area contributed by atoms with Gasteiger partial charge in [0.25, 0.3) is 11.8 Å². The van der Waals surface area contributed by atoms with Crippen molar-refractivity contribution in [2.24, 2.45) is 5.41 Å². The fourth-order valence-electron chi connectivity index (χ4n) is 4.04. The van der Waals surface area contributed by atoms with Gasteiger partial charge in [0, 0.05) is 31.5 Å². The number of rotatable bonds is 18. The van der Waals surface area contributed by atoms with Crippen molar-refractivity contribution in [1.29, 1.82) is 0 Å². The summed E-state index contributed by atoms with van der Waals surface area (Å²) in [7, 11) is 6.80. The predicted octanol–water partition coefficient (Wildman–Crippen LogP) is -0.530. The average Bonchev–Trinajstić information content (AvgIpc) is 3.22. The zero-order valence-electron chi connectivity index (χ0n) is 21.2. The molecule has 37 heavy (non-hydrogen) atoms. The van der Waals surface area contributed by atoms with Gasteiger partial charge in [-0.3, -0.25) is 29.0 Å². The molecule has 12 nitrogen and oxygen atoms in total. The normalized spacial score (nSPS) is 18.5. The molecule has 0 spiro atoms. The zero-order chi connectivity index (χ0) is 27.6. The second kappa shape index (κ2) is 14.5. The highest BCUT2D eigenvalue weighted by Gasteiger charge is 2.35. The number of hydrogen-bond donors (Lipinski definition) is 2. The van der Waals surface area contributed by atoms with Crippen molar-refractivity contribution < 1.29 is 48.3 Å². The molecule has 2 rings (SSSR count). The molecule has 206 valence electrons. The van der Waals surface area contributed by atoms with E-state index >= 15 is 0 Å². The Hall–Kier alpha value is -2.48. The largest absolute Gasteiger partial charge is 0.391 e. The molecule has 0 aromatic carbocycles. The first-order chi connectivity index (χ1) is 17.5. The molecule has 0 aliphatic carbocycles. The lowest BCUT2D eigenvalue weighted by Gasteiger charge is -2.32. The molecule has 12 heteroatoms. The summed E-state index contributed by atoms with van der Waals surface area (Å²) in [6.07, 6.45) is -1.67. The van der Waals surface area contributed by atoms with Crippen LogP contribution in [0.5, 0.6) is 0 Å². The third-order valence-corrected chi connectivity index (χ3v) is 6.06. The molecular formula is C25H36N2O10. The van der Waals surface area contributed by atoms with Gasteiger partial charge < -0.3 is 29.2 Å². The molecule has 2 saturated heterocycles. The minimum absolute atomic E-state index is 0.0315. The van der Waals surface area contributed by atoms with Crippen LogP contribution in [0.3, 0.4) is 0 Å². The summed E-state index contributed by atoms with van der Waals surface area (Å²) in [5.74, 6) is -1.73. The van der Waals surface area contributed by atoms with E-state index in [4.69, 9.17) is 26.1 Å². The topological polar surface area (TPSA) is 152 Å². The van der Waals surface area contributed by atoms with E-state index in [9.17, 15) is 29.4 Å². The number of ether oxygens (including phenoxy) is 4. The van der Waals surface area contributed by atoms with Crippen molar-refractivity contribution >= 4 is 23.6 Å². The van der Waals surface area contributed by atoms with E-state index in [2.05, 4.69) is 13.2 Å². The number of hydrogen-bond acceptors (Lipinski definition) is 10. The summed E-state index contributed by atoms with van der Waals surface area (Å²) in [5.41, 5.74) is -0.386. The minimum atomic E-state index is -0.967. The fraction of sp³-hybridized carbons (Fsp3) is 0.640. The van der Waals surface area contributed by atoms with E-state index in [1.165, 1.54) is 7.11 Å². The first kappa shape index (κ1) is 30.7. The maximum absolute atomic E-state index is 11.9. The molecule has 2 aliphatic rings. The molecule has 0 bridgehead atoms. The molecule has 2 unspecified atom stereocenters. The molecular weight excluding hydrogens is 488 g/mol. The summed E-state index contributed by atoms with van der Waals surface area (Å²) in [6, 6.07) is 0. The second-order valence-electron chi connectivity index (χ2n) is 9.41. The third kappa shape index (κ3) is 8.80. The van der Waals surface area contributed by atoms with Crippen LogP contribution in [0.2, 0.25) is 0 Å². The quantitative estimate of drug-likeness (QED) is 0.136. The number of methoxy groups -OCH3 is 1. The molecule has 2 heterocycles. The highest BCUT2D eigenvalue weighted by molar-refractivity contribution is 6.13. The first-order valence-electron chi connectivity index (χ1n) is 11.9. The number of carbonyl (C=O) groups excluding carboxylic acids is 4. The first-order valence-corrected chi connectivity index (χ1v) is 11.9. The van der Waals surface area contributed by atoms with Gasteiger partial charge in [-0.1, -0.05) is 13.2 Å². The van der Waals surface area contributed by atoms with E-state index in [1.807, 2.05) is 0 Å². The smallest absolute Gasteiger partial charge is 0.256 e. The van der Waals surface area contributed by atoms with Crippen molar-refractivity contribution in [3.05, 3.63) is 31.4 Å². The maximum atomic E-state index is 11.9. The van der Waals surface area contributed by atoms with Crippen LogP contribution in [0.4, 0.5) is 0 Å². The second-order valence-corrected chi connectivity index (χ2v) is 9.41. The summed E-state index contributed by atoms with van der Waals surface area (Å²) in [5, 5.41) is 20.4. The van der Waals surface area contributed by atoms with Gasteiger partial charge in [-0.05, 0) is 12.8 Å². The average molecular weight is 525 g/mol. The van der Waals surface area contributed by atoms with Crippen LogP contribution in [0.25, 0.3) is 0 Å². The maximum Gasteiger partial charge on any atom is 0.256 e. The minimum Gasteiger partial charge on any atom is -0.391 e. The molecule has 0 saturated carbocycles. The number of β-amino-alcohol motifs (C(OH)–C–C–N with tert-alkyl or cyclic N) is 2.